The van der Waals surface area contributed by atoms with Gasteiger partial charge in [-0.3, -0.25) is 9.59 Å². The third-order valence-corrected chi connectivity index (χ3v) is 7.63. The molecule has 4 rings (SSSR count). The molecule has 13 heteroatoms. The number of nitrogens with two attached hydrogens (primary N) is 1. The molecule has 0 radical (unpaired) electrons. The number of hydrogen-bond donors (Lipinski definition) is 3. The van der Waals surface area contributed by atoms with Gasteiger partial charge in [0.05, 0.1) is 23.9 Å². The third-order valence-electron chi connectivity index (χ3n) is 5.46. The van der Waals surface area contributed by atoms with Gasteiger partial charge in [0, 0.05) is 23.5 Å². The average Bonchev–Trinajstić information content (AvgIpc) is 3.24. The predicted molar refractivity (Wildman–Crippen MR) is 131 cm³/mol. The van der Waals surface area contributed by atoms with E-state index in [9.17, 15) is 18.0 Å². The first-order chi connectivity index (χ1) is 17.2. The fourth-order valence-corrected chi connectivity index (χ4v) is 5.89. The molecule has 1 saturated heterocycles. The van der Waals surface area contributed by atoms with Crippen molar-refractivity contribution in [1.82, 2.24) is 9.29 Å². The number of amides is 2. The van der Waals surface area contributed by atoms with Crippen LogP contribution in [0.25, 0.3) is 10.9 Å². The van der Waals surface area contributed by atoms with Crippen LogP contribution in [0.2, 0.25) is 5.02 Å². The fraction of sp³-hybridized carbons (Fsp3) is 0.261. The van der Waals surface area contributed by atoms with Crippen LogP contribution in [0, 0.1) is 11.3 Å². The number of anilines is 1. The lowest BCUT2D eigenvalue weighted by atomic mass is 10.2. The normalized spacial score (nSPS) is 16.4. The molecular formula is C23H22ClN5O6S. The molecule has 0 spiro atoms. The van der Waals surface area contributed by atoms with Crippen molar-refractivity contribution >= 4 is 50.0 Å². The summed E-state index contributed by atoms with van der Waals surface area (Å²) in [6, 6.07) is 13.5. The highest BCUT2D eigenvalue weighted by molar-refractivity contribution is 7.89. The van der Waals surface area contributed by atoms with Gasteiger partial charge in [0.1, 0.15) is 35.5 Å². The predicted octanol–water partition coefficient (Wildman–Crippen LogP) is 2.24. The molecule has 1 fully saturated rings. The second-order valence-electron chi connectivity index (χ2n) is 7.93. The molecule has 0 unspecified atom stereocenters. The number of aromatic nitrogens is 1. The number of para-hydroxylation sites is 1. The highest BCUT2D eigenvalue weighted by Gasteiger charge is 2.36. The van der Waals surface area contributed by atoms with Crippen molar-refractivity contribution in [3.63, 3.8) is 0 Å². The number of nitriles is 1. The summed E-state index contributed by atoms with van der Waals surface area (Å²) in [5, 5.41) is 11.5. The molecule has 0 aliphatic carbocycles. The van der Waals surface area contributed by atoms with Crippen molar-refractivity contribution in [2.24, 2.45) is 5.73 Å². The van der Waals surface area contributed by atoms with Crippen LogP contribution < -0.4 is 15.8 Å². The molecule has 1 aromatic heterocycles. The topological polar surface area (TPSA) is 168 Å². The summed E-state index contributed by atoms with van der Waals surface area (Å²) in [4.78, 5) is 26.6. The summed E-state index contributed by atoms with van der Waals surface area (Å²) in [6.07, 6.45) is -0.983. The number of ether oxygens (including phenoxy) is 2. The number of rotatable bonds is 8. The third kappa shape index (κ3) is 5.29. The van der Waals surface area contributed by atoms with E-state index in [-0.39, 0.29) is 58.5 Å². The van der Waals surface area contributed by atoms with Crippen molar-refractivity contribution < 1.29 is 27.5 Å². The molecule has 2 amide bonds. The minimum atomic E-state index is -4.27. The number of nitrogens with zero attached hydrogens (tertiary/aromatic N) is 2. The summed E-state index contributed by atoms with van der Waals surface area (Å²) in [5.41, 5.74) is 5.41. The molecule has 1 aliphatic rings. The summed E-state index contributed by atoms with van der Waals surface area (Å²) in [6.45, 7) is 0.258. The van der Waals surface area contributed by atoms with Crippen LogP contribution >= 0.6 is 11.6 Å². The summed E-state index contributed by atoms with van der Waals surface area (Å²) >= 11 is 6.21. The van der Waals surface area contributed by atoms with Crippen molar-refractivity contribution in [1.29, 1.82) is 5.26 Å². The number of primary amides is 1. The van der Waals surface area contributed by atoms with Crippen LogP contribution in [0.1, 0.15) is 16.9 Å². The Morgan fingerprint density at radius 3 is 2.75 bits per heavy atom. The van der Waals surface area contributed by atoms with E-state index in [4.69, 9.17) is 32.1 Å². The molecule has 2 aromatic carbocycles. The Hall–Kier alpha value is -3.63. The van der Waals surface area contributed by atoms with Gasteiger partial charge in [0.15, 0.2) is 0 Å². The molecule has 0 bridgehead atoms. The quantitative estimate of drug-likeness (QED) is 0.400. The first-order valence-corrected chi connectivity index (χ1v) is 12.6. The summed E-state index contributed by atoms with van der Waals surface area (Å²) in [7, 11) is -4.27. The largest absolute Gasteiger partial charge is 0.491 e. The zero-order valence-corrected chi connectivity index (χ0v) is 20.4. The molecule has 0 saturated carbocycles. The minimum absolute atomic E-state index is 0.0215. The van der Waals surface area contributed by atoms with Crippen LogP contribution in [-0.4, -0.2) is 61.9 Å². The number of nitrogens with one attached hydrogen (secondary N) is 2. The van der Waals surface area contributed by atoms with E-state index >= 15 is 0 Å². The second kappa shape index (κ2) is 10.5. The average molecular weight is 532 g/mol. The Morgan fingerprint density at radius 1 is 1.31 bits per heavy atom. The molecule has 3 aromatic rings. The highest BCUT2D eigenvalue weighted by Crippen LogP contribution is 2.36. The van der Waals surface area contributed by atoms with E-state index in [0.717, 1.165) is 0 Å². The van der Waals surface area contributed by atoms with E-state index in [1.165, 1.54) is 16.4 Å². The SMILES string of the molecule is N#CCC(=O)Nc1cc(Cl)cc2c(S(=O)(=O)N3CCO[C@H](COc4ccccc4)C3)c(C(N)=O)[nH]c12. The number of carbonyl (C=O) groups is 2. The molecular weight excluding hydrogens is 510 g/mol. The van der Waals surface area contributed by atoms with Gasteiger partial charge in [-0.15, -0.1) is 0 Å². The zero-order chi connectivity index (χ0) is 25.9. The lowest BCUT2D eigenvalue weighted by Crippen LogP contribution is -2.47. The van der Waals surface area contributed by atoms with Gasteiger partial charge in [-0.1, -0.05) is 29.8 Å². The number of hydrogen-bond acceptors (Lipinski definition) is 7. The van der Waals surface area contributed by atoms with Gasteiger partial charge in [0.2, 0.25) is 15.9 Å². The number of fused-ring (bicyclic) bond motifs is 1. The van der Waals surface area contributed by atoms with Crippen LogP contribution in [0.4, 0.5) is 5.69 Å². The Bertz CT molecular complexity index is 1450. The highest BCUT2D eigenvalue weighted by atomic mass is 35.5. The maximum atomic E-state index is 13.8. The van der Waals surface area contributed by atoms with Gasteiger partial charge in [-0.2, -0.15) is 9.57 Å². The number of carbonyl (C=O) groups excluding carboxylic acids is 2. The van der Waals surface area contributed by atoms with Crippen LogP contribution in [-0.2, 0) is 19.6 Å². The number of H-pyrrole nitrogens is 1. The lowest BCUT2D eigenvalue weighted by molar-refractivity contribution is -0.115. The van der Waals surface area contributed by atoms with Gasteiger partial charge in [-0.25, -0.2) is 8.42 Å². The maximum absolute atomic E-state index is 13.8. The van der Waals surface area contributed by atoms with Crippen LogP contribution in [0.5, 0.6) is 5.75 Å². The van der Waals surface area contributed by atoms with Crippen LogP contribution in [0.3, 0.4) is 0 Å². The Labute approximate surface area is 211 Å². The van der Waals surface area contributed by atoms with Crippen molar-refractivity contribution in [2.75, 3.05) is 31.6 Å². The van der Waals surface area contributed by atoms with Gasteiger partial charge < -0.3 is 25.5 Å². The first-order valence-electron chi connectivity index (χ1n) is 10.8. The smallest absolute Gasteiger partial charge is 0.266 e. The molecule has 1 atom stereocenters. The maximum Gasteiger partial charge on any atom is 0.266 e. The Morgan fingerprint density at radius 2 is 2.06 bits per heavy atom. The van der Waals surface area contributed by atoms with Crippen molar-refractivity contribution in [3.8, 4) is 11.8 Å². The zero-order valence-electron chi connectivity index (χ0n) is 18.9. The van der Waals surface area contributed by atoms with E-state index in [0.29, 0.717) is 5.75 Å². The Kier molecular flexibility index (Phi) is 7.46. The van der Waals surface area contributed by atoms with E-state index < -0.39 is 34.4 Å². The van der Waals surface area contributed by atoms with Crippen molar-refractivity contribution in [2.45, 2.75) is 17.4 Å². The summed E-state index contributed by atoms with van der Waals surface area (Å²) < 4.78 is 40.2. The Balaban J connectivity index is 1.69. The minimum Gasteiger partial charge on any atom is -0.491 e. The number of halogens is 1. The standard InChI is InChI=1S/C23H22ClN5O6S/c24-14-10-17-20(18(11-14)27-19(30)6-7-25)28-21(23(26)31)22(17)36(32,33)29-8-9-34-16(12-29)13-35-15-4-2-1-3-5-15/h1-5,10-11,16,28H,6,8-9,12-13H2,(H2,26,31)(H,27,30)/t16-/m0/s1. The van der Waals surface area contributed by atoms with Gasteiger partial charge >= 0.3 is 0 Å². The van der Waals surface area contributed by atoms with E-state index in [1.807, 2.05) is 18.2 Å². The van der Waals surface area contributed by atoms with Gasteiger partial charge in [-0.05, 0) is 24.3 Å². The monoisotopic (exact) mass is 531 g/mol. The number of morpholine rings is 1. The molecule has 1 aliphatic heterocycles. The summed E-state index contributed by atoms with van der Waals surface area (Å²) in [5.74, 6) is -1.02. The molecule has 11 nitrogen and oxygen atoms in total. The van der Waals surface area contributed by atoms with E-state index in [1.54, 1.807) is 18.2 Å². The first kappa shape index (κ1) is 25.5. The number of aromatic amines is 1. The van der Waals surface area contributed by atoms with E-state index in [2.05, 4.69) is 10.3 Å². The molecule has 2 heterocycles. The number of benzene rings is 2. The molecule has 36 heavy (non-hydrogen) atoms. The second-order valence-corrected chi connectivity index (χ2v) is 10.2. The molecule has 188 valence electrons. The number of sulfonamides is 1. The van der Waals surface area contributed by atoms with Gasteiger partial charge in [0.25, 0.3) is 5.91 Å². The lowest BCUT2D eigenvalue weighted by Gasteiger charge is -2.32. The van der Waals surface area contributed by atoms with Crippen LogP contribution in [0.15, 0.2) is 47.4 Å². The fourth-order valence-electron chi connectivity index (χ4n) is 3.89. The van der Waals surface area contributed by atoms with Crippen molar-refractivity contribution in [3.05, 3.63) is 53.2 Å². The molecule has 4 N–H and O–H groups in total.